The Balaban J connectivity index is 2.13. The highest BCUT2D eigenvalue weighted by Crippen LogP contribution is 2.33. The molecule has 122 valence electrons. The molecule has 0 saturated carbocycles. The molecule has 4 nitrogen and oxygen atoms in total. The van der Waals surface area contributed by atoms with Crippen LogP contribution in [0.4, 0.5) is 4.39 Å². The molecule has 0 unspecified atom stereocenters. The van der Waals surface area contributed by atoms with Crippen LogP contribution in [0, 0.1) is 5.82 Å². The molecule has 1 amide bonds. The van der Waals surface area contributed by atoms with Gasteiger partial charge in [-0.25, -0.2) is 4.39 Å². The molecule has 0 aliphatic rings. The third kappa shape index (κ3) is 4.94. The minimum absolute atomic E-state index is 0.0141. The van der Waals surface area contributed by atoms with Gasteiger partial charge >= 0.3 is 0 Å². The van der Waals surface area contributed by atoms with Gasteiger partial charge < -0.3 is 15.8 Å². The smallest absolute Gasteiger partial charge is 0.218 e. The van der Waals surface area contributed by atoms with Gasteiger partial charge in [0.1, 0.15) is 5.75 Å². The van der Waals surface area contributed by atoms with Crippen molar-refractivity contribution in [1.82, 2.24) is 5.32 Å². The van der Waals surface area contributed by atoms with E-state index in [0.29, 0.717) is 11.3 Å². The van der Waals surface area contributed by atoms with E-state index in [4.69, 9.17) is 22.1 Å². The van der Waals surface area contributed by atoms with E-state index in [1.165, 1.54) is 0 Å². The van der Waals surface area contributed by atoms with E-state index in [0.717, 1.165) is 0 Å². The molecular weight excluding hydrogens is 319 g/mol. The normalized spacial score (nSPS) is 12.0. The molecule has 2 aromatic carbocycles. The average Bonchev–Trinajstić information content (AvgIpc) is 2.51. The molecule has 0 spiro atoms. The summed E-state index contributed by atoms with van der Waals surface area (Å²) in [4.78, 5) is 10.9. The largest absolute Gasteiger partial charge is 0.453 e. The molecule has 2 aromatic rings. The van der Waals surface area contributed by atoms with Crippen LogP contribution in [-0.2, 0) is 11.3 Å². The summed E-state index contributed by atoms with van der Waals surface area (Å²) in [5.74, 6) is -0.449. The number of hydrogen-bond acceptors (Lipinski definition) is 3. The first-order valence-electron chi connectivity index (χ1n) is 7.19. The maximum atomic E-state index is 14.6. The van der Waals surface area contributed by atoms with Crippen LogP contribution in [0.5, 0.6) is 11.5 Å². The second-order valence-corrected chi connectivity index (χ2v) is 5.62. The fourth-order valence-electron chi connectivity index (χ4n) is 2.07. The Bertz CT molecular complexity index is 680. The number of primary amides is 1. The summed E-state index contributed by atoms with van der Waals surface area (Å²) >= 11 is 6.04. The molecule has 0 aliphatic carbocycles. The zero-order chi connectivity index (χ0) is 16.8. The first-order chi connectivity index (χ1) is 11.0. The van der Waals surface area contributed by atoms with Crippen molar-refractivity contribution in [2.75, 3.05) is 0 Å². The molecule has 0 saturated heterocycles. The van der Waals surface area contributed by atoms with Crippen molar-refractivity contribution >= 4 is 17.5 Å². The predicted molar refractivity (Wildman–Crippen MR) is 88.0 cm³/mol. The number of nitrogens with one attached hydrogen (secondary N) is 1. The van der Waals surface area contributed by atoms with Crippen LogP contribution >= 0.6 is 11.6 Å². The second kappa shape index (κ2) is 7.94. The molecular formula is C17H18ClFN2O2. The number of nitrogens with two attached hydrogens (primary N) is 1. The Hall–Kier alpha value is -2.11. The molecule has 0 aliphatic heterocycles. The van der Waals surface area contributed by atoms with E-state index in [2.05, 4.69) is 5.32 Å². The lowest BCUT2D eigenvalue weighted by atomic mass is 10.1. The lowest BCUT2D eigenvalue weighted by Crippen LogP contribution is -2.30. The van der Waals surface area contributed by atoms with Crippen molar-refractivity contribution < 1.29 is 13.9 Å². The fourth-order valence-corrected chi connectivity index (χ4v) is 2.25. The lowest BCUT2D eigenvalue weighted by molar-refractivity contribution is -0.118. The topological polar surface area (TPSA) is 64.4 Å². The highest BCUT2D eigenvalue weighted by molar-refractivity contribution is 6.32. The summed E-state index contributed by atoms with van der Waals surface area (Å²) in [6.45, 7) is 2.04. The second-order valence-electron chi connectivity index (χ2n) is 5.22. The van der Waals surface area contributed by atoms with Crippen LogP contribution in [0.1, 0.15) is 18.9 Å². The van der Waals surface area contributed by atoms with Gasteiger partial charge in [-0.3, -0.25) is 4.79 Å². The zero-order valence-electron chi connectivity index (χ0n) is 12.7. The summed E-state index contributed by atoms with van der Waals surface area (Å²) in [6, 6.07) is 11.9. The van der Waals surface area contributed by atoms with E-state index >= 15 is 0 Å². The average molecular weight is 337 g/mol. The molecule has 0 heterocycles. The van der Waals surface area contributed by atoms with Crippen molar-refractivity contribution in [1.29, 1.82) is 0 Å². The maximum absolute atomic E-state index is 14.6. The van der Waals surface area contributed by atoms with Crippen LogP contribution in [0.2, 0.25) is 5.02 Å². The summed E-state index contributed by atoms with van der Waals surface area (Å²) in [7, 11) is 0. The number of ether oxygens (including phenoxy) is 1. The number of benzene rings is 2. The summed E-state index contributed by atoms with van der Waals surface area (Å²) < 4.78 is 20.1. The van der Waals surface area contributed by atoms with Crippen LogP contribution < -0.4 is 15.8 Å². The molecule has 0 fully saturated rings. The van der Waals surface area contributed by atoms with Crippen molar-refractivity contribution in [2.45, 2.75) is 25.9 Å². The van der Waals surface area contributed by atoms with Gasteiger partial charge in [0, 0.05) is 24.6 Å². The van der Waals surface area contributed by atoms with Gasteiger partial charge in [0.15, 0.2) is 11.6 Å². The molecule has 6 heteroatoms. The van der Waals surface area contributed by atoms with Crippen molar-refractivity contribution in [3.63, 3.8) is 0 Å². The standard InChI is InChI=1S/C17H18ClFN2O2/c1-11(9-15(20)22)21-10-12-7-8-14(18)17(16(12)19)23-13-5-3-2-4-6-13/h2-8,11,21H,9-10H2,1H3,(H2,20,22)/t11-/m0/s1. The fraction of sp³-hybridized carbons (Fsp3) is 0.235. The van der Waals surface area contributed by atoms with Crippen LogP contribution in [0.3, 0.4) is 0 Å². The number of rotatable bonds is 7. The van der Waals surface area contributed by atoms with Gasteiger partial charge in [-0.05, 0) is 25.1 Å². The number of carbonyl (C=O) groups is 1. The minimum Gasteiger partial charge on any atom is -0.453 e. The Labute approximate surface area is 139 Å². The number of carbonyl (C=O) groups excluding carboxylic acids is 1. The number of para-hydroxylation sites is 1. The zero-order valence-corrected chi connectivity index (χ0v) is 13.4. The van der Waals surface area contributed by atoms with Crippen molar-refractivity contribution in [2.24, 2.45) is 5.73 Å². The Kier molecular flexibility index (Phi) is 5.96. The van der Waals surface area contributed by atoms with Crippen LogP contribution in [0.15, 0.2) is 42.5 Å². The van der Waals surface area contributed by atoms with E-state index in [1.807, 2.05) is 6.07 Å². The van der Waals surface area contributed by atoms with Gasteiger partial charge in [0.05, 0.1) is 5.02 Å². The van der Waals surface area contributed by atoms with Gasteiger partial charge in [-0.1, -0.05) is 35.9 Å². The van der Waals surface area contributed by atoms with Crippen molar-refractivity contribution in [3.8, 4) is 11.5 Å². The third-order valence-electron chi connectivity index (χ3n) is 3.24. The summed E-state index contributed by atoms with van der Waals surface area (Å²) in [6.07, 6.45) is 0.183. The van der Waals surface area contributed by atoms with E-state index in [-0.39, 0.29) is 29.8 Å². The molecule has 0 bridgehead atoms. The molecule has 3 N–H and O–H groups in total. The highest BCUT2D eigenvalue weighted by atomic mass is 35.5. The monoisotopic (exact) mass is 336 g/mol. The first-order valence-corrected chi connectivity index (χ1v) is 7.56. The summed E-state index contributed by atoms with van der Waals surface area (Å²) in [5, 5.41) is 3.24. The highest BCUT2D eigenvalue weighted by Gasteiger charge is 2.15. The van der Waals surface area contributed by atoms with Gasteiger partial charge in [-0.2, -0.15) is 0 Å². The molecule has 23 heavy (non-hydrogen) atoms. The van der Waals surface area contributed by atoms with Crippen LogP contribution in [0.25, 0.3) is 0 Å². The third-order valence-corrected chi connectivity index (χ3v) is 3.54. The molecule has 0 aromatic heterocycles. The lowest BCUT2D eigenvalue weighted by Gasteiger charge is -2.15. The number of hydrogen-bond donors (Lipinski definition) is 2. The Morgan fingerprint density at radius 1 is 1.30 bits per heavy atom. The van der Waals surface area contributed by atoms with Gasteiger partial charge in [0.2, 0.25) is 5.91 Å². The molecule has 0 radical (unpaired) electrons. The van der Waals surface area contributed by atoms with E-state index in [9.17, 15) is 9.18 Å². The first kappa shape index (κ1) is 17.2. The predicted octanol–water partition coefficient (Wildman–Crippen LogP) is 3.62. The van der Waals surface area contributed by atoms with Crippen LogP contribution in [-0.4, -0.2) is 11.9 Å². The van der Waals surface area contributed by atoms with Gasteiger partial charge in [0.25, 0.3) is 0 Å². The summed E-state index contributed by atoms with van der Waals surface area (Å²) in [5.41, 5.74) is 5.53. The maximum Gasteiger partial charge on any atom is 0.218 e. The number of halogens is 2. The van der Waals surface area contributed by atoms with Gasteiger partial charge in [-0.15, -0.1) is 0 Å². The van der Waals surface area contributed by atoms with E-state index in [1.54, 1.807) is 43.3 Å². The van der Waals surface area contributed by atoms with E-state index < -0.39 is 11.7 Å². The molecule has 2 rings (SSSR count). The Morgan fingerprint density at radius 3 is 2.65 bits per heavy atom. The quantitative estimate of drug-likeness (QED) is 0.811. The minimum atomic E-state index is -0.528. The molecule has 1 atom stereocenters. The number of amides is 1. The van der Waals surface area contributed by atoms with Crippen molar-refractivity contribution in [3.05, 3.63) is 58.9 Å². The SMILES string of the molecule is C[C@@H](CC(N)=O)NCc1ccc(Cl)c(Oc2ccccc2)c1F. The Morgan fingerprint density at radius 2 is 2.00 bits per heavy atom.